The SMILES string of the molecule is CC.COc1cc(Br)c(Cl)cc1-n1c(=O)ccc2cc(S(=O)Oc3c(F)c(F)c(F)c(F)c3F)ccc21. The maximum atomic E-state index is 13.9. The summed E-state index contributed by atoms with van der Waals surface area (Å²) in [6, 6.07) is 9.47. The van der Waals surface area contributed by atoms with Gasteiger partial charge in [-0.15, -0.1) is 0 Å². The summed E-state index contributed by atoms with van der Waals surface area (Å²) in [6.45, 7) is 4.00. The molecule has 0 amide bonds. The number of benzene rings is 3. The van der Waals surface area contributed by atoms with Crippen molar-refractivity contribution < 1.29 is 35.1 Å². The molecule has 0 aliphatic rings. The molecule has 0 N–H and O–H groups in total. The zero-order valence-corrected chi connectivity index (χ0v) is 22.3. The predicted octanol–water partition coefficient (Wildman–Crippen LogP) is 7.24. The van der Waals surface area contributed by atoms with Crippen molar-refractivity contribution in [2.24, 2.45) is 0 Å². The first-order valence-corrected chi connectivity index (χ1v) is 12.6. The van der Waals surface area contributed by atoms with Crippen LogP contribution >= 0.6 is 27.5 Å². The quantitative estimate of drug-likeness (QED) is 0.134. The number of halogens is 7. The summed E-state index contributed by atoms with van der Waals surface area (Å²) in [5.41, 5.74) is 0.148. The summed E-state index contributed by atoms with van der Waals surface area (Å²) in [5.74, 6) is -12.7. The highest BCUT2D eigenvalue weighted by atomic mass is 79.9. The van der Waals surface area contributed by atoms with Crippen molar-refractivity contribution in [1.29, 1.82) is 0 Å². The van der Waals surface area contributed by atoms with Gasteiger partial charge in [-0.1, -0.05) is 25.4 Å². The molecule has 4 aromatic rings. The standard InChI is InChI=1S/C22H10BrClF5NO4S.C2H6/c1-33-15-7-11(23)12(24)8-14(15)30-13-4-3-10(6-9(13)2-5-16(30)31)35(32)34-22-20(28)18(26)17(25)19(27)21(22)29;1-2/h2-8H,1H3;1-2H3. The van der Waals surface area contributed by atoms with Crippen molar-refractivity contribution in [3.63, 3.8) is 0 Å². The maximum absolute atomic E-state index is 13.9. The molecule has 1 unspecified atom stereocenters. The van der Waals surface area contributed by atoms with Gasteiger partial charge in [0.05, 0.1) is 28.2 Å². The molecule has 0 aliphatic carbocycles. The lowest BCUT2D eigenvalue weighted by molar-refractivity contribution is 0.352. The van der Waals surface area contributed by atoms with Gasteiger partial charge in [-0.3, -0.25) is 9.36 Å². The molecule has 0 saturated carbocycles. The Bertz CT molecular complexity index is 1570. The number of ether oxygens (including phenoxy) is 1. The van der Waals surface area contributed by atoms with Crippen molar-refractivity contribution in [2.75, 3.05) is 7.11 Å². The van der Waals surface area contributed by atoms with Crippen molar-refractivity contribution >= 4 is 49.5 Å². The Labute approximate surface area is 223 Å². The molecule has 1 atom stereocenters. The van der Waals surface area contributed by atoms with E-state index in [1.165, 1.54) is 48.1 Å². The fourth-order valence-corrected chi connectivity index (χ4v) is 4.49. The van der Waals surface area contributed by atoms with Gasteiger partial charge in [0.1, 0.15) is 5.75 Å². The minimum Gasteiger partial charge on any atom is -0.495 e. The van der Waals surface area contributed by atoms with Crippen LogP contribution in [0.4, 0.5) is 22.0 Å². The van der Waals surface area contributed by atoms with Crippen molar-refractivity contribution in [2.45, 2.75) is 18.7 Å². The van der Waals surface area contributed by atoms with E-state index in [1.807, 2.05) is 13.8 Å². The molecule has 1 aromatic heterocycles. The molecule has 13 heteroatoms. The number of hydrogen-bond donors (Lipinski definition) is 0. The topological polar surface area (TPSA) is 57.5 Å². The number of methoxy groups -OCH3 is 1. The summed E-state index contributed by atoms with van der Waals surface area (Å²) in [6.07, 6.45) is 0. The van der Waals surface area contributed by atoms with Gasteiger partial charge in [0.2, 0.25) is 45.9 Å². The Hall–Kier alpha value is -2.96. The van der Waals surface area contributed by atoms with E-state index >= 15 is 0 Å². The van der Waals surface area contributed by atoms with Crippen molar-refractivity contribution in [3.05, 3.63) is 91.4 Å². The summed E-state index contributed by atoms with van der Waals surface area (Å²) in [4.78, 5) is 12.5. The molecule has 1 heterocycles. The van der Waals surface area contributed by atoms with Gasteiger partial charge in [-0.2, -0.15) is 8.78 Å². The van der Waals surface area contributed by atoms with Gasteiger partial charge < -0.3 is 8.92 Å². The number of nitrogens with zero attached hydrogens (tertiary/aromatic N) is 1. The van der Waals surface area contributed by atoms with E-state index in [0.717, 1.165) is 0 Å². The average molecular weight is 625 g/mol. The Morgan fingerprint density at radius 3 is 2.08 bits per heavy atom. The predicted molar refractivity (Wildman–Crippen MR) is 133 cm³/mol. The Balaban J connectivity index is 0.00000186. The molecule has 0 saturated heterocycles. The molecule has 5 nitrogen and oxygen atoms in total. The van der Waals surface area contributed by atoms with Crippen molar-refractivity contribution in [1.82, 2.24) is 4.57 Å². The van der Waals surface area contributed by atoms with Crippen LogP contribution in [0.25, 0.3) is 16.6 Å². The highest BCUT2D eigenvalue weighted by molar-refractivity contribution is 9.10. The van der Waals surface area contributed by atoms with Gasteiger partial charge >= 0.3 is 0 Å². The lowest BCUT2D eigenvalue weighted by Gasteiger charge is -2.15. The molecule has 0 fully saturated rings. The van der Waals surface area contributed by atoms with Gasteiger partial charge in [0, 0.05) is 15.9 Å². The van der Waals surface area contributed by atoms with E-state index in [1.54, 1.807) is 6.07 Å². The molecular weight excluding hydrogens is 609 g/mol. The van der Waals surface area contributed by atoms with Crippen LogP contribution in [0.1, 0.15) is 13.8 Å². The van der Waals surface area contributed by atoms with Crippen molar-refractivity contribution in [3.8, 4) is 17.2 Å². The first-order chi connectivity index (χ1) is 17.5. The van der Waals surface area contributed by atoms with Gasteiger partial charge in [-0.25, -0.2) is 17.4 Å². The van der Waals surface area contributed by atoms with E-state index < -0.39 is 51.5 Å². The average Bonchev–Trinajstić information content (AvgIpc) is 2.91. The summed E-state index contributed by atoms with van der Waals surface area (Å²) in [7, 11) is 1.40. The van der Waals surface area contributed by atoms with E-state index in [4.69, 9.17) is 16.3 Å². The van der Waals surface area contributed by atoms with E-state index in [0.29, 0.717) is 31.8 Å². The zero-order valence-electron chi connectivity index (χ0n) is 19.2. The summed E-state index contributed by atoms with van der Waals surface area (Å²) >= 11 is 6.78. The first kappa shape index (κ1) is 28.6. The fourth-order valence-electron chi connectivity index (χ4n) is 3.21. The van der Waals surface area contributed by atoms with Crippen LogP contribution in [-0.4, -0.2) is 15.9 Å². The number of hydrogen-bond acceptors (Lipinski definition) is 4. The third kappa shape index (κ3) is 5.36. The number of rotatable bonds is 5. The summed E-state index contributed by atoms with van der Waals surface area (Å²) < 4.78 is 92.2. The van der Waals surface area contributed by atoms with Crippen LogP contribution in [0.5, 0.6) is 11.5 Å². The third-order valence-corrected chi connectivity index (χ3v) is 7.00. The number of pyridine rings is 1. The molecule has 4 rings (SSSR count). The minimum absolute atomic E-state index is 0.174. The lowest BCUT2D eigenvalue weighted by atomic mass is 10.2. The smallest absolute Gasteiger partial charge is 0.255 e. The van der Waals surface area contributed by atoms with E-state index in [9.17, 15) is 31.0 Å². The van der Waals surface area contributed by atoms with Crippen LogP contribution in [0.2, 0.25) is 5.02 Å². The second-order valence-electron chi connectivity index (χ2n) is 6.88. The van der Waals surface area contributed by atoms with Crippen LogP contribution in [0.3, 0.4) is 0 Å². The van der Waals surface area contributed by atoms with Gasteiger partial charge in [0.15, 0.2) is 0 Å². The second kappa shape index (κ2) is 11.6. The highest BCUT2D eigenvalue weighted by Crippen LogP contribution is 2.35. The second-order valence-corrected chi connectivity index (χ2v) is 9.25. The Kier molecular flexibility index (Phi) is 8.98. The molecule has 3 aromatic carbocycles. The lowest BCUT2D eigenvalue weighted by Crippen LogP contribution is -2.18. The monoisotopic (exact) mass is 623 g/mol. The van der Waals surface area contributed by atoms with E-state index in [2.05, 4.69) is 20.1 Å². The van der Waals surface area contributed by atoms with Crippen LogP contribution in [0, 0.1) is 29.1 Å². The Morgan fingerprint density at radius 2 is 1.49 bits per heavy atom. The zero-order chi connectivity index (χ0) is 27.6. The van der Waals surface area contributed by atoms with Crippen LogP contribution < -0.4 is 14.5 Å². The molecule has 0 aliphatic heterocycles. The molecule has 37 heavy (non-hydrogen) atoms. The molecule has 196 valence electrons. The largest absolute Gasteiger partial charge is 0.495 e. The van der Waals surface area contributed by atoms with Crippen LogP contribution in [-0.2, 0) is 11.1 Å². The Morgan fingerprint density at radius 1 is 0.892 bits per heavy atom. The molecule has 0 spiro atoms. The minimum atomic E-state index is -2.68. The first-order valence-electron chi connectivity index (χ1n) is 10.4. The van der Waals surface area contributed by atoms with Gasteiger partial charge in [-0.05, 0) is 52.3 Å². The third-order valence-electron chi connectivity index (χ3n) is 4.85. The van der Waals surface area contributed by atoms with Gasteiger partial charge in [0.25, 0.3) is 5.56 Å². The number of fused-ring (bicyclic) bond motifs is 1. The number of aromatic nitrogens is 1. The molecule has 0 bridgehead atoms. The summed E-state index contributed by atoms with van der Waals surface area (Å²) in [5, 5.41) is 0.621. The molecule has 0 radical (unpaired) electrons. The molecular formula is C24H16BrClF5NO4S. The van der Waals surface area contributed by atoms with E-state index in [-0.39, 0.29) is 4.90 Å². The van der Waals surface area contributed by atoms with Crippen LogP contribution in [0.15, 0.2) is 56.6 Å². The highest BCUT2D eigenvalue weighted by Gasteiger charge is 2.29. The maximum Gasteiger partial charge on any atom is 0.255 e. The fraction of sp³-hybridized carbons (Fsp3) is 0.125. The normalized spacial score (nSPS) is 11.6.